The molecule has 0 radical (unpaired) electrons. The summed E-state index contributed by atoms with van der Waals surface area (Å²) in [6, 6.07) is 8.74. The minimum Gasteiger partial charge on any atom is -0.323 e. The molecule has 0 fully saturated rings. The Morgan fingerprint density at radius 1 is 1.00 bits per heavy atom. The standard InChI is InChI=1S/C16H7Cl2F2NO4/c17-8-5-6-12(18)11(7-8)16(19,20)15(24)25-21-13(22)9-3-1-2-4-10(9)14(21)23/h1-7H. The molecule has 0 saturated heterocycles. The van der Waals surface area contributed by atoms with Crippen LogP contribution in [0.25, 0.3) is 0 Å². The van der Waals surface area contributed by atoms with Gasteiger partial charge >= 0.3 is 11.9 Å². The highest BCUT2D eigenvalue weighted by Crippen LogP contribution is 2.37. The number of fused-ring (bicyclic) bond motifs is 1. The molecule has 2 aromatic carbocycles. The molecule has 9 heteroatoms. The van der Waals surface area contributed by atoms with E-state index in [4.69, 9.17) is 23.2 Å². The second-order valence-corrected chi connectivity index (χ2v) is 5.87. The van der Waals surface area contributed by atoms with Crippen molar-refractivity contribution in [1.82, 2.24) is 5.06 Å². The molecule has 0 spiro atoms. The number of amides is 2. The normalized spacial score (nSPS) is 13.8. The van der Waals surface area contributed by atoms with E-state index in [1.54, 1.807) is 0 Å². The Hall–Kier alpha value is -2.51. The summed E-state index contributed by atoms with van der Waals surface area (Å²) in [5.41, 5.74) is -1.00. The van der Waals surface area contributed by atoms with Gasteiger partial charge in [0.15, 0.2) is 0 Å². The average Bonchev–Trinajstić information content (AvgIpc) is 2.82. The van der Waals surface area contributed by atoms with Crippen LogP contribution in [0.3, 0.4) is 0 Å². The van der Waals surface area contributed by atoms with Gasteiger partial charge in [0.2, 0.25) is 0 Å². The molecule has 0 saturated carbocycles. The number of benzene rings is 2. The maximum Gasteiger partial charge on any atom is 0.407 e. The first kappa shape index (κ1) is 17.3. The van der Waals surface area contributed by atoms with Crippen LogP contribution in [-0.2, 0) is 15.6 Å². The Morgan fingerprint density at radius 3 is 2.12 bits per heavy atom. The van der Waals surface area contributed by atoms with E-state index >= 15 is 0 Å². The number of carbonyl (C=O) groups is 3. The number of hydrogen-bond donors (Lipinski definition) is 0. The first-order chi connectivity index (χ1) is 11.7. The van der Waals surface area contributed by atoms with Crippen molar-refractivity contribution < 1.29 is 28.0 Å². The minimum atomic E-state index is -4.22. The SMILES string of the molecule is O=C1c2ccccc2C(=O)N1OC(=O)C(F)(F)c1cc(Cl)ccc1Cl. The zero-order valence-corrected chi connectivity index (χ0v) is 13.6. The lowest BCUT2D eigenvalue weighted by Gasteiger charge is -2.19. The Morgan fingerprint density at radius 2 is 1.56 bits per heavy atom. The van der Waals surface area contributed by atoms with Crippen LogP contribution in [0.5, 0.6) is 0 Å². The Balaban J connectivity index is 1.89. The summed E-state index contributed by atoms with van der Waals surface area (Å²) in [5, 5.41) is -0.499. The van der Waals surface area contributed by atoms with E-state index in [1.165, 1.54) is 30.3 Å². The maximum absolute atomic E-state index is 14.4. The number of hydrogen-bond acceptors (Lipinski definition) is 4. The quantitative estimate of drug-likeness (QED) is 0.753. The van der Waals surface area contributed by atoms with Gasteiger partial charge in [-0.2, -0.15) is 8.78 Å². The van der Waals surface area contributed by atoms with E-state index in [9.17, 15) is 23.2 Å². The van der Waals surface area contributed by atoms with Crippen LogP contribution in [0.1, 0.15) is 26.3 Å². The van der Waals surface area contributed by atoms with Crippen molar-refractivity contribution in [2.45, 2.75) is 5.92 Å². The molecule has 0 atom stereocenters. The lowest BCUT2D eigenvalue weighted by Crippen LogP contribution is -2.39. The molecule has 0 aromatic heterocycles. The first-order valence-electron chi connectivity index (χ1n) is 6.77. The summed E-state index contributed by atoms with van der Waals surface area (Å²) in [6.45, 7) is 0. The van der Waals surface area contributed by atoms with Gasteiger partial charge in [-0.25, -0.2) is 4.79 Å². The first-order valence-corrected chi connectivity index (χ1v) is 7.52. The molecule has 0 unspecified atom stereocenters. The summed E-state index contributed by atoms with van der Waals surface area (Å²) >= 11 is 11.3. The Kier molecular flexibility index (Phi) is 4.22. The lowest BCUT2D eigenvalue weighted by molar-refractivity contribution is -0.198. The second kappa shape index (κ2) is 6.09. The van der Waals surface area contributed by atoms with Crippen molar-refractivity contribution in [3.05, 3.63) is 69.2 Å². The summed E-state index contributed by atoms with van der Waals surface area (Å²) in [5.74, 6) is -8.38. The van der Waals surface area contributed by atoms with E-state index in [2.05, 4.69) is 4.84 Å². The van der Waals surface area contributed by atoms with Crippen LogP contribution >= 0.6 is 23.2 Å². The molecule has 25 heavy (non-hydrogen) atoms. The van der Waals surface area contributed by atoms with Gasteiger partial charge in [0.25, 0.3) is 11.8 Å². The third-order valence-corrected chi connectivity index (χ3v) is 4.02. The number of rotatable bonds is 3. The zero-order chi connectivity index (χ0) is 18.4. The van der Waals surface area contributed by atoms with Gasteiger partial charge in [0.1, 0.15) is 0 Å². The van der Waals surface area contributed by atoms with E-state index in [1.807, 2.05) is 0 Å². The fraction of sp³-hybridized carbons (Fsp3) is 0.0625. The average molecular weight is 386 g/mol. The van der Waals surface area contributed by atoms with Gasteiger partial charge in [-0.15, -0.1) is 0 Å². The van der Waals surface area contributed by atoms with Crippen molar-refractivity contribution in [2.75, 3.05) is 0 Å². The summed E-state index contributed by atoms with van der Waals surface area (Å²) in [6.07, 6.45) is 0. The maximum atomic E-state index is 14.4. The number of imide groups is 1. The monoisotopic (exact) mass is 385 g/mol. The third kappa shape index (κ3) is 2.85. The Labute approximate surface area is 149 Å². The van der Waals surface area contributed by atoms with Crippen molar-refractivity contribution >= 4 is 41.0 Å². The van der Waals surface area contributed by atoms with E-state index in [0.29, 0.717) is 0 Å². The Bertz CT molecular complexity index is 882. The minimum absolute atomic E-state index is 0.000633. The number of hydroxylamine groups is 2. The summed E-state index contributed by atoms with van der Waals surface area (Å²) in [7, 11) is 0. The fourth-order valence-electron chi connectivity index (χ4n) is 2.24. The number of nitrogens with zero attached hydrogens (tertiary/aromatic N) is 1. The van der Waals surface area contributed by atoms with Gasteiger partial charge in [-0.05, 0) is 30.3 Å². The molecule has 1 aliphatic rings. The molecule has 0 N–H and O–H groups in total. The summed E-state index contributed by atoms with van der Waals surface area (Å²) in [4.78, 5) is 40.4. The molecule has 1 heterocycles. The van der Waals surface area contributed by atoms with Crippen LogP contribution in [0.4, 0.5) is 8.78 Å². The van der Waals surface area contributed by atoms with Crippen molar-refractivity contribution in [2.24, 2.45) is 0 Å². The van der Waals surface area contributed by atoms with Crippen molar-refractivity contribution in [3.63, 3.8) is 0 Å². The highest BCUT2D eigenvalue weighted by atomic mass is 35.5. The predicted molar refractivity (Wildman–Crippen MR) is 83.4 cm³/mol. The van der Waals surface area contributed by atoms with Crippen LogP contribution < -0.4 is 0 Å². The van der Waals surface area contributed by atoms with Gasteiger partial charge in [0, 0.05) is 5.02 Å². The van der Waals surface area contributed by atoms with Crippen LogP contribution in [0.2, 0.25) is 10.0 Å². The van der Waals surface area contributed by atoms with E-state index in [-0.39, 0.29) is 21.2 Å². The molecule has 0 aliphatic carbocycles. The van der Waals surface area contributed by atoms with Crippen LogP contribution in [0, 0.1) is 0 Å². The second-order valence-electron chi connectivity index (χ2n) is 5.03. The van der Waals surface area contributed by atoms with Crippen LogP contribution in [-0.4, -0.2) is 22.8 Å². The molecule has 2 aromatic rings. The fourth-order valence-corrected chi connectivity index (χ4v) is 2.65. The van der Waals surface area contributed by atoms with Gasteiger partial charge < -0.3 is 4.84 Å². The molecule has 3 rings (SSSR count). The molecule has 0 bridgehead atoms. The smallest absolute Gasteiger partial charge is 0.323 e. The lowest BCUT2D eigenvalue weighted by atomic mass is 10.1. The van der Waals surface area contributed by atoms with Gasteiger partial charge in [-0.1, -0.05) is 40.4 Å². The zero-order valence-electron chi connectivity index (χ0n) is 12.1. The van der Waals surface area contributed by atoms with Gasteiger partial charge in [0.05, 0.1) is 21.7 Å². The predicted octanol–water partition coefficient (Wildman–Crippen LogP) is 3.84. The van der Waals surface area contributed by atoms with Crippen molar-refractivity contribution in [3.8, 4) is 0 Å². The topological polar surface area (TPSA) is 63.7 Å². The molecule has 2 amide bonds. The van der Waals surface area contributed by atoms with E-state index < -0.39 is 34.3 Å². The van der Waals surface area contributed by atoms with Crippen molar-refractivity contribution in [1.29, 1.82) is 0 Å². The highest BCUT2D eigenvalue weighted by Gasteiger charge is 2.49. The molecule has 1 aliphatic heterocycles. The van der Waals surface area contributed by atoms with E-state index in [0.717, 1.165) is 12.1 Å². The molecule has 5 nitrogen and oxygen atoms in total. The molecule has 128 valence electrons. The largest absolute Gasteiger partial charge is 0.407 e. The molecular weight excluding hydrogens is 379 g/mol. The third-order valence-electron chi connectivity index (χ3n) is 3.45. The summed E-state index contributed by atoms with van der Waals surface area (Å²) < 4.78 is 28.7. The highest BCUT2D eigenvalue weighted by molar-refractivity contribution is 6.33. The number of alkyl halides is 2. The van der Waals surface area contributed by atoms with Gasteiger partial charge in [-0.3, -0.25) is 9.59 Å². The molecular formula is C16H7Cl2F2NO4. The number of halogens is 4. The van der Waals surface area contributed by atoms with Crippen LogP contribution in [0.15, 0.2) is 42.5 Å². The number of carbonyl (C=O) groups excluding carboxylic acids is 3.